The van der Waals surface area contributed by atoms with Gasteiger partial charge in [-0.15, -0.1) is 0 Å². The van der Waals surface area contributed by atoms with E-state index in [1.54, 1.807) is 44.2 Å². The quantitative estimate of drug-likeness (QED) is 0.0601. The van der Waals surface area contributed by atoms with Crippen LogP contribution in [0, 0.1) is 16.0 Å². The van der Waals surface area contributed by atoms with E-state index in [1.165, 1.54) is 42.5 Å². The molecule has 3 aromatic rings. The van der Waals surface area contributed by atoms with Crippen molar-refractivity contribution in [2.45, 2.75) is 57.3 Å². The van der Waals surface area contributed by atoms with Gasteiger partial charge in [0, 0.05) is 12.5 Å². The van der Waals surface area contributed by atoms with E-state index in [-0.39, 0.29) is 36.5 Å². The third kappa shape index (κ3) is 13.4. The zero-order chi connectivity index (χ0) is 39.1. The van der Waals surface area contributed by atoms with Crippen molar-refractivity contribution in [3.8, 4) is 5.75 Å². The molecule has 3 rings (SSSR count). The van der Waals surface area contributed by atoms with Crippen molar-refractivity contribution >= 4 is 41.3 Å². The summed E-state index contributed by atoms with van der Waals surface area (Å²) in [6.07, 6.45) is 0.0317. The van der Waals surface area contributed by atoms with Crippen LogP contribution in [0.5, 0.6) is 5.75 Å². The highest BCUT2D eigenvalue weighted by Crippen LogP contribution is 2.26. The molecule has 0 spiro atoms. The Morgan fingerprint density at radius 2 is 1.26 bits per heavy atom. The minimum absolute atomic E-state index is 0.0231. The number of carboxylic acid groups (broad SMARTS) is 2. The van der Waals surface area contributed by atoms with Crippen molar-refractivity contribution < 1.29 is 49.0 Å². The smallest absolute Gasteiger partial charge is 0.326 e. The number of phenols is 1. The summed E-state index contributed by atoms with van der Waals surface area (Å²) in [5.74, 6) is -6.03. The number of phenolic OH excluding ortho intramolecular Hbond substituents is 1. The second-order valence-corrected chi connectivity index (χ2v) is 12.5. The number of hydrogen-bond donors (Lipinski definition) is 8. The van der Waals surface area contributed by atoms with Gasteiger partial charge in [-0.2, -0.15) is 0 Å². The number of carbonyl (C=O) groups is 6. The minimum atomic E-state index is -1.71. The molecular formula is C36H42N6O11. The Bertz CT molecular complexity index is 1770. The summed E-state index contributed by atoms with van der Waals surface area (Å²) in [5.41, 5.74) is 0.457. The standard InChI is InChI=1S/C36H42N6O11/c1-21(2)16-28(35(48)49)41-34(47)27(17-22-8-4-3-5-9-22)39-31(45)20-37-30(44)19-38-33(46)26(18-23-12-14-24(43)15-13-23)40-32(36(50)51)25-10-6-7-11-29(25)42(52)53/h3-15,21,26-28,32,40,43H,16-20H2,1-2H3,(H,37,44)(H,38,46)(H,39,45)(H,41,47)(H,48,49)(H,50,51)/t26-,27-,28-,32?/m0/s1. The van der Waals surface area contributed by atoms with Gasteiger partial charge in [0.25, 0.3) is 5.69 Å². The second-order valence-electron chi connectivity index (χ2n) is 12.5. The van der Waals surface area contributed by atoms with Crippen molar-refractivity contribution in [1.82, 2.24) is 26.6 Å². The lowest BCUT2D eigenvalue weighted by atomic mass is 10.00. The van der Waals surface area contributed by atoms with E-state index >= 15 is 0 Å². The topological polar surface area (TPSA) is 266 Å². The summed E-state index contributed by atoms with van der Waals surface area (Å²) < 4.78 is 0. The Morgan fingerprint density at radius 3 is 1.87 bits per heavy atom. The highest BCUT2D eigenvalue weighted by atomic mass is 16.6. The van der Waals surface area contributed by atoms with Gasteiger partial charge in [-0.1, -0.05) is 68.4 Å². The number of nitro groups is 1. The van der Waals surface area contributed by atoms with Crippen LogP contribution < -0.4 is 26.6 Å². The van der Waals surface area contributed by atoms with Crippen LogP contribution in [0.1, 0.15) is 43.0 Å². The fourth-order valence-corrected chi connectivity index (χ4v) is 5.29. The number of para-hydroxylation sites is 1. The van der Waals surface area contributed by atoms with Crippen LogP contribution in [0.25, 0.3) is 0 Å². The number of carboxylic acids is 2. The van der Waals surface area contributed by atoms with Crippen LogP contribution in [0.4, 0.5) is 5.69 Å². The number of rotatable bonds is 20. The molecule has 0 bridgehead atoms. The summed E-state index contributed by atoms with van der Waals surface area (Å²) >= 11 is 0. The van der Waals surface area contributed by atoms with Gasteiger partial charge in [-0.25, -0.2) is 4.79 Å². The van der Waals surface area contributed by atoms with Crippen LogP contribution in [-0.2, 0) is 41.6 Å². The van der Waals surface area contributed by atoms with Crippen LogP contribution in [0.2, 0.25) is 0 Å². The predicted octanol–water partition coefficient (Wildman–Crippen LogP) is 1.20. The van der Waals surface area contributed by atoms with Gasteiger partial charge in [-0.3, -0.25) is 39.4 Å². The summed E-state index contributed by atoms with van der Waals surface area (Å²) in [4.78, 5) is 87.0. The highest BCUT2D eigenvalue weighted by molar-refractivity contribution is 5.93. The maximum atomic E-state index is 13.4. The molecule has 0 aliphatic rings. The van der Waals surface area contributed by atoms with Crippen molar-refractivity contribution in [3.05, 3.63) is 106 Å². The lowest BCUT2D eigenvalue weighted by Gasteiger charge is -2.23. The van der Waals surface area contributed by atoms with E-state index in [9.17, 15) is 54.2 Å². The number of benzene rings is 3. The van der Waals surface area contributed by atoms with Gasteiger partial charge in [0.05, 0.1) is 29.6 Å². The monoisotopic (exact) mass is 734 g/mol. The van der Waals surface area contributed by atoms with E-state index in [2.05, 4.69) is 26.6 Å². The number of nitro benzene ring substituents is 1. The predicted molar refractivity (Wildman–Crippen MR) is 189 cm³/mol. The Kier molecular flexibility index (Phi) is 15.4. The van der Waals surface area contributed by atoms with Crippen LogP contribution >= 0.6 is 0 Å². The van der Waals surface area contributed by atoms with Crippen molar-refractivity contribution in [1.29, 1.82) is 0 Å². The number of aromatic hydroxyl groups is 1. The zero-order valence-corrected chi connectivity index (χ0v) is 29.0. The van der Waals surface area contributed by atoms with E-state index in [4.69, 9.17) is 0 Å². The number of nitrogens with zero attached hydrogens (tertiary/aromatic N) is 1. The van der Waals surface area contributed by atoms with E-state index in [0.29, 0.717) is 11.1 Å². The van der Waals surface area contributed by atoms with Crippen LogP contribution in [-0.4, -0.2) is 87.0 Å². The van der Waals surface area contributed by atoms with E-state index < -0.39 is 83.4 Å². The molecule has 0 saturated carbocycles. The summed E-state index contributed by atoms with van der Waals surface area (Å²) in [6, 6.07) is 14.1. The molecule has 3 aromatic carbocycles. The molecular weight excluding hydrogens is 692 g/mol. The maximum Gasteiger partial charge on any atom is 0.326 e. The first-order chi connectivity index (χ1) is 25.1. The van der Waals surface area contributed by atoms with Gasteiger partial charge >= 0.3 is 11.9 Å². The first-order valence-electron chi connectivity index (χ1n) is 16.6. The SMILES string of the molecule is CC(C)C[C@H](NC(=O)[C@H](Cc1ccccc1)NC(=O)CNC(=O)CNC(=O)[C@H](Cc1ccc(O)cc1)NC(C(=O)O)c1ccccc1[N+](=O)[O-])C(=O)O. The first-order valence-corrected chi connectivity index (χ1v) is 16.6. The van der Waals surface area contributed by atoms with Crippen molar-refractivity contribution in [2.24, 2.45) is 5.92 Å². The largest absolute Gasteiger partial charge is 0.508 e. The third-order valence-electron chi connectivity index (χ3n) is 7.88. The van der Waals surface area contributed by atoms with E-state index in [1.807, 2.05) is 0 Å². The number of nitrogens with one attached hydrogen (secondary N) is 5. The number of amides is 4. The van der Waals surface area contributed by atoms with Crippen LogP contribution in [0.15, 0.2) is 78.9 Å². The van der Waals surface area contributed by atoms with Crippen molar-refractivity contribution in [3.63, 3.8) is 0 Å². The van der Waals surface area contributed by atoms with Gasteiger partial charge < -0.3 is 36.6 Å². The lowest BCUT2D eigenvalue weighted by Crippen LogP contribution is -2.54. The maximum absolute atomic E-state index is 13.4. The Balaban J connectivity index is 1.68. The van der Waals surface area contributed by atoms with Gasteiger partial charge in [0.1, 0.15) is 23.9 Å². The van der Waals surface area contributed by atoms with Crippen LogP contribution in [0.3, 0.4) is 0 Å². The molecule has 17 heteroatoms. The molecule has 282 valence electrons. The Hall–Kier alpha value is -6.36. The lowest BCUT2D eigenvalue weighted by molar-refractivity contribution is -0.385. The minimum Gasteiger partial charge on any atom is -0.508 e. The molecule has 0 saturated heterocycles. The fraction of sp³-hybridized carbons (Fsp3) is 0.333. The first kappa shape index (κ1) is 41.1. The summed E-state index contributed by atoms with van der Waals surface area (Å²) in [7, 11) is 0. The molecule has 0 aliphatic carbocycles. The summed E-state index contributed by atoms with van der Waals surface area (Å²) in [6.45, 7) is 2.32. The Labute approximate surface area is 304 Å². The Morgan fingerprint density at radius 1 is 0.679 bits per heavy atom. The second kappa shape index (κ2) is 19.9. The fourth-order valence-electron chi connectivity index (χ4n) is 5.29. The summed E-state index contributed by atoms with van der Waals surface area (Å²) in [5, 5.41) is 53.2. The van der Waals surface area contributed by atoms with Gasteiger partial charge in [0.15, 0.2) is 0 Å². The number of hydrogen-bond acceptors (Lipinski definition) is 10. The molecule has 8 N–H and O–H groups in total. The molecule has 53 heavy (non-hydrogen) atoms. The average Bonchev–Trinajstić information content (AvgIpc) is 3.11. The average molecular weight is 735 g/mol. The number of aliphatic carboxylic acids is 2. The molecule has 17 nitrogen and oxygen atoms in total. The molecule has 1 unspecified atom stereocenters. The van der Waals surface area contributed by atoms with E-state index in [0.717, 1.165) is 6.07 Å². The molecule has 4 amide bonds. The molecule has 0 fully saturated rings. The molecule has 0 radical (unpaired) electrons. The van der Waals surface area contributed by atoms with Gasteiger partial charge in [0.2, 0.25) is 23.6 Å². The number of carbonyl (C=O) groups excluding carboxylic acids is 4. The molecule has 0 aliphatic heterocycles. The third-order valence-corrected chi connectivity index (χ3v) is 7.88. The van der Waals surface area contributed by atoms with Crippen molar-refractivity contribution in [2.75, 3.05) is 13.1 Å². The zero-order valence-electron chi connectivity index (χ0n) is 29.0. The van der Waals surface area contributed by atoms with Gasteiger partial charge in [-0.05, 0) is 48.1 Å². The molecule has 0 aromatic heterocycles. The highest BCUT2D eigenvalue weighted by Gasteiger charge is 2.33. The molecule has 4 atom stereocenters. The molecule has 0 heterocycles. The normalized spacial score (nSPS) is 13.1.